The van der Waals surface area contributed by atoms with Gasteiger partial charge in [0.2, 0.25) is 5.76 Å². The number of aliphatic hydroxyl groups excluding tert-OH is 1. The van der Waals surface area contributed by atoms with E-state index in [1.165, 1.54) is 25.3 Å². The van der Waals surface area contributed by atoms with Crippen molar-refractivity contribution in [2.75, 3.05) is 7.11 Å². The average Bonchev–Trinajstić information content (AvgIpc) is 3.17. The molecule has 1 saturated carbocycles. The third-order valence-corrected chi connectivity index (χ3v) is 4.54. The van der Waals surface area contributed by atoms with E-state index in [0.29, 0.717) is 0 Å². The fraction of sp³-hybridized carbons (Fsp3) is 0.438. The Morgan fingerprint density at radius 1 is 1.32 bits per heavy atom. The number of hydrogen-bond acceptors (Lipinski definition) is 9. The Balaban J connectivity index is 1.94. The first-order valence-corrected chi connectivity index (χ1v) is 7.42. The summed E-state index contributed by atoms with van der Waals surface area (Å²) in [5.41, 5.74) is -2.10. The summed E-state index contributed by atoms with van der Waals surface area (Å²) in [5, 5.41) is 21.3. The predicted octanol–water partition coefficient (Wildman–Crippen LogP) is -0.223. The van der Waals surface area contributed by atoms with Gasteiger partial charge in [0.05, 0.1) is 24.9 Å². The van der Waals surface area contributed by atoms with Gasteiger partial charge in [0, 0.05) is 5.92 Å². The second-order valence-corrected chi connectivity index (χ2v) is 6.02. The van der Waals surface area contributed by atoms with Crippen molar-refractivity contribution in [3.05, 3.63) is 36.0 Å². The molecule has 0 saturated heterocycles. The standard InChI is InChI=1S/C16H16O9/c1-16(21)10-9(7(13(18)22-2)6-24-15(10)20)11(17)12(16)25-14(19)8-4-3-5-23-8/h3-6,9-12,17,21H,1-2H3/t9-,10-,11+,12+,16-/m1/s1. The van der Waals surface area contributed by atoms with Gasteiger partial charge in [0.15, 0.2) is 6.10 Å². The Hall–Kier alpha value is -2.65. The van der Waals surface area contributed by atoms with Crippen LogP contribution in [0.4, 0.5) is 0 Å². The van der Waals surface area contributed by atoms with Crippen LogP contribution < -0.4 is 0 Å². The highest BCUT2D eigenvalue weighted by atomic mass is 16.6. The van der Waals surface area contributed by atoms with Crippen LogP contribution in [-0.4, -0.2) is 53.0 Å². The number of hydrogen-bond donors (Lipinski definition) is 2. The highest BCUT2D eigenvalue weighted by Crippen LogP contribution is 2.48. The first-order chi connectivity index (χ1) is 11.8. The number of esters is 3. The van der Waals surface area contributed by atoms with Gasteiger partial charge in [-0.15, -0.1) is 0 Å². The molecule has 0 bridgehead atoms. The lowest BCUT2D eigenvalue weighted by Gasteiger charge is -2.31. The third kappa shape index (κ3) is 2.61. The lowest BCUT2D eigenvalue weighted by molar-refractivity contribution is -0.159. The smallest absolute Gasteiger partial charge is 0.374 e. The summed E-state index contributed by atoms with van der Waals surface area (Å²) in [6.45, 7) is 1.22. The van der Waals surface area contributed by atoms with E-state index >= 15 is 0 Å². The number of fused-ring (bicyclic) bond motifs is 1. The van der Waals surface area contributed by atoms with Gasteiger partial charge in [0.1, 0.15) is 18.0 Å². The van der Waals surface area contributed by atoms with E-state index in [4.69, 9.17) is 13.9 Å². The van der Waals surface area contributed by atoms with E-state index in [9.17, 15) is 24.6 Å². The molecule has 0 radical (unpaired) electrons. The van der Waals surface area contributed by atoms with Gasteiger partial charge in [-0.2, -0.15) is 0 Å². The maximum absolute atomic E-state index is 12.1. The van der Waals surface area contributed by atoms with E-state index in [0.717, 1.165) is 13.4 Å². The summed E-state index contributed by atoms with van der Waals surface area (Å²) in [5.74, 6) is -5.18. The van der Waals surface area contributed by atoms with Gasteiger partial charge in [0.25, 0.3) is 0 Å². The molecular weight excluding hydrogens is 336 g/mol. The molecule has 1 aromatic rings. The number of furan rings is 1. The molecule has 9 nitrogen and oxygen atoms in total. The molecule has 1 aromatic heterocycles. The van der Waals surface area contributed by atoms with Crippen LogP contribution in [0.2, 0.25) is 0 Å². The highest BCUT2D eigenvalue weighted by Gasteiger charge is 2.65. The molecule has 1 fully saturated rings. The molecule has 5 atom stereocenters. The zero-order valence-electron chi connectivity index (χ0n) is 13.4. The van der Waals surface area contributed by atoms with Crippen LogP contribution in [0.25, 0.3) is 0 Å². The van der Waals surface area contributed by atoms with E-state index < -0.39 is 47.6 Å². The Morgan fingerprint density at radius 3 is 2.64 bits per heavy atom. The fourth-order valence-corrected chi connectivity index (χ4v) is 3.35. The molecule has 3 rings (SSSR count). The van der Waals surface area contributed by atoms with Crippen molar-refractivity contribution in [2.45, 2.75) is 24.7 Å². The predicted molar refractivity (Wildman–Crippen MR) is 77.7 cm³/mol. The molecule has 25 heavy (non-hydrogen) atoms. The lowest BCUT2D eigenvalue weighted by Crippen LogP contribution is -2.48. The van der Waals surface area contributed by atoms with Gasteiger partial charge in [-0.1, -0.05) is 0 Å². The summed E-state index contributed by atoms with van der Waals surface area (Å²) in [4.78, 5) is 36.1. The molecule has 0 spiro atoms. The summed E-state index contributed by atoms with van der Waals surface area (Å²) >= 11 is 0. The molecule has 0 aromatic carbocycles. The van der Waals surface area contributed by atoms with Crippen molar-refractivity contribution in [3.8, 4) is 0 Å². The zero-order valence-corrected chi connectivity index (χ0v) is 13.4. The monoisotopic (exact) mass is 352 g/mol. The summed E-state index contributed by atoms with van der Waals surface area (Å²) in [7, 11) is 1.13. The van der Waals surface area contributed by atoms with Crippen molar-refractivity contribution in [3.63, 3.8) is 0 Å². The SMILES string of the molecule is COC(=O)C1=COC(=O)[C@H]2[C@@H]1[C@H](O)[C@H](OC(=O)c1ccco1)[C@]2(C)O. The van der Waals surface area contributed by atoms with Crippen molar-refractivity contribution < 1.29 is 43.2 Å². The number of aliphatic hydroxyl groups is 2. The molecule has 134 valence electrons. The summed E-state index contributed by atoms with van der Waals surface area (Å²) in [6.07, 6.45) is -0.878. The topological polar surface area (TPSA) is 132 Å². The maximum Gasteiger partial charge on any atom is 0.374 e. The highest BCUT2D eigenvalue weighted by molar-refractivity contribution is 5.93. The summed E-state index contributed by atoms with van der Waals surface area (Å²) in [6, 6.07) is 2.81. The van der Waals surface area contributed by atoms with Gasteiger partial charge < -0.3 is 28.8 Å². The Labute approximate surface area is 141 Å². The minimum absolute atomic E-state index is 0.128. The molecule has 9 heteroatoms. The van der Waals surface area contributed by atoms with Crippen LogP contribution in [0, 0.1) is 11.8 Å². The number of carbonyl (C=O) groups is 3. The van der Waals surface area contributed by atoms with Crippen LogP contribution in [0.5, 0.6) is 0 Å². The van der Waals surface area contributed by atoms with Crippen LogP contribution in [0.3, 0.4) is 0 Å². The van der Waals surface area contributed by atoms with Crippen LogP contribution in [-0.2, 0) is 23.8 Å². The molecule has 2 aliphatic rings. The molecule has 2 heterocycles. The van der Waals surface area contributed by atoms with E-state index in [1.807, 2.05) is 0 Å². The summed E-state index contributed by atoms with van der Waals surface area (Å²) < 4.78 is 19.5. The quantitative estimate of drug-likeness (QED) is 0.559. The molecule has 0 unspecified atom stereocenters. The molecule has 0 amide bonds. The van der Waals surface area contributed by atoms with Crippen molar-refractivity contribution in [1.29, 1.82) is 0 Å². The van der Waals surface area contributed by atoms with Crippen molar-refractivity contribution in [1.82, 2.24) is 0 Å². The number of rotatable bonds is 3. The third-order valence-electron chi connectivity index (χ3n) is 4.54. The van der Waals surface area contributed by atoms with Crippen LogP contribution >= 0.6 is 0 Å². The van der Waals surface area contributed by atoms with Gasteiger partial charge in [-0.3, -0.25) is 4.79 Å². The van der Waals surface area contributed by atoms with Gasteiger partial charge in [-0.25, -0.2) is 9.59 Å². The maximum atomic E-state index is 12.1. The second kappa shape index (κ2) is 6.01. The molecule has 1 aliphatic heterocycles. The number of ether oxygens (including phenoxy) is 3. The van der Waals surface area contributed by atoms with Gasteiger partial charge in [-0.05, 0) is 19.1 Å². The van der Waals surface area contributed by atoms with Crippen LogP contribution in [0.1, 0.15) is 17.5 Å². The molecular formula is C16H16O9. The largest absolute Gasteiger partial charge is 0.466 e. The second-order valence-electron chi connectivity index (χ2n) is 6.02. The van der Waals surface area contributed by atoms with Crippen LogP contribution in [0.15, 0.2) is 34.6 Å². The molecule has 1 aliphatic carbocycles. The minimum atomic E-state index is -1.98. The number of methoxy groups -OCH3 is 1. The Bertz CT molecular complexity index is 731. The Morgan fingerprint density at radius 2 is 2.04 bits per heavy atom. The first kappa shape index (κ1) is 17.2. The van der Waals surface area contributed by atoms with Crippen molar-refractivity contribution in [2.24, 2.45) is 11.8 Å². The minimum Gasteiger partial charge on any atom is -0.466 e. The number of carbonyl (C=O) groups excluding carboxylic acids is 3. The molecule has 2 N–H and O–H groups in total. The fourth-order valence-electron chi connectivity index (χ4n) is 3.35. The number of cyclic esters (lactones) is 1. The van der Waals surface area contributed by atoms with E-state index in [2.05, 4.69) is 4.74 Å². The van der Waals surface area contributed by atoms with E-state index in [1.54, 1.807) is 0 Å². The van der Waals surface area contributed by atoms with Gasteiger partial charge >= 0.3 is 17.9 Å². The first-order valence-electron chi connectivity index (χ1n) is 7.42. The lowest BCUT2D eigenvalue weighted by atomic mass is 9.81. The Kier molecular flexibility index (Phi) is 4.13. The zero-order chi connectivity index (χ0) is 18.4. The normalized spacial score (nSPS) is 33.9. The van der Waals surface area contributed by atoms with Crippen molar-refractivity contribution >= 4 is 17.9 Å². The average molecular weight is 352 g/mol. The van der Waals surface area contributed by atoms with E-state index in [-0.39, 0.29) is 11.3 Å².